The van der Waals surface area contributed by atoms with Crippen LogP contribution in [0.15, 0.2) is 36.4 Å². The first-order valence-electron chi connectivity index (χ1n) is 10.1. The van der Waals surface area contributed by atoms with Crippen LogP contribution in [-0.4, -0.2) is 17.7 Å². The van der Waals surface area contributed by atoms with Gasteiger partial charge in [-0.05, 0) is 23.9 Å². The molecule has 0 atom stereocenters. The van der Waals surface area contributed by atoms with E-state index in [1.165, 1.54) is 51.4 Å². The summed E-state index contributed by atoms with van der Waals surface area (Å²) in [6.45, 7) is 2.69. The number of rotatable bonds is 12. The van der Waals surface area contributed by atoms with Crippen molar-refractivity contribution in [2.75, 3.05) is 6.61 Å². The van der Waals surface area contributed by atoms with Crippen molar-refractivity contribution in [1.82, 2.24) is 0 Å². The maximum absolute atomic E-state index is 12.3. The predicted molar refractivity (Wildman–Crippen MR) is 108 cm³/mol. The van der Waals surface area contributed by atoms with E-state index < -0.39 is 0 Å². The van der Waals surface area contributed by atoms with E-state index in [1.54, 1.807) is 18.2 Å². The van der Waals surface area contributed by atoms with Crippen LogP contribution in [0.5, 0.6) is 5.75 Å². The Labute approximate surface area is 157 Å². The number of phenolic OH excluding ortho intramolecular Hbond substituents is 1. The highest BCUT2D eigenvalue weighted by atomic mass is 16.5. The van der Waals surface area contributed by atoms with E-state index in [0.29, 0.717) is 17.6 Å². The molecule has 0 saturated carbocycles. The van der Waals surface area contributed by atoms with E-state index >= 15 is 0 Å². The summed E-state index contributed by atoms with van der Waals surface area (Å²) in [6.07, 6.45) is 12.5. The molecule has 0 bridgehead atoms. The Balaban J connectivity index is 1.64. The first-order chi connectivity index (χ1) is 12.7. The second-order valence-electron chi connectivity index (χ2n) is 7.00. The van der Waals surface area contributed by atoms with Crippen LogP contribution in [-0.2, 0) is 4.74 Å². The molecule has 0 radical (unpaired) electrons. The van der Waals surface area contributed by atoms with E-state index in [0.717, 1.165) is 18.2 Å². The number of carbonyl (C=O) groups excluding carboxylic acids is 1. The molecule has 0 spiro atoms. The summed E-state index contributed by atoms with van der Waals surface area (Å²) in [4.78, 5) is 12.3. The molecule has 0 saturated heterocycles. The Morgan fingerprint density at radius 1 is 0.846 bits per heavy atom. The molecule has 26 heavy (non-hydrogen) atoms. The summed E-state index contributed by atoms with van der Waals surface area (Å²) < 4.78 is 5.41. The van der Waals surface area contributed by atoms with E-state index in [2.05, 4.69) is 6.92 Å². The number of phenols is 1. The van der Waals surface area contributed by atoms with Crippen LogP contribution in [0, 0.1) is 0 Å². The van der Waals surface area contributed by atoms with Crippen molar-refractivity contribution >= 4 is 16.7 Å². The van der Waals surface area contributed by atoms with Gasteiger partial charge in [-0.3, -0.25) is 0 Å². The van der Waals surface area contributed by atoms with Crippen LogP contribution in [0.2, 0.25) is 0 Å². The third-order valence-corrected chi connectivity index (χ3v) is 4.83. The molecule has 0 amide bonds. The number of ether oxygens (including phenoxy) is 1. The zero-order valence-electron chi connectivity index (χ0n) is 16.0. The summed E-state index contributed by atoms with van der Waals surface area (Å²) in [5, 5.41) is 11.5. The van der Waals surface area contributed by atoms with Gasteiger partial charge in [0, 0.05) is 5.39 Å². The van der Waals surface area contributed by atoms with E-state index in [-0.39, 0.29) is 11.7 Å². The van der Waals surface area contributed by atoms with Gasteiger partial charge in [-0.1, -0.05) is 89.0 Å². The SMILES string of the molecule is CCCCCCCCCCCCOC(=O)c1cccc2cccc(O)c12. The Morgan fingerprint density at radius 2 is 1.42 bits per heavy atom. The van der Waals surface area contributed by atoms with Gasteiger partial charge in [-0.25, -0.2) is 4.79 Å². The first-order valence-corrected chi connectivity index (χ1v) is 10.1. The van der Waals surface area contributed by atoms with Crippen LogP contribution in [0.4, 0.5) is 0 Å². The minimum atomic E-state index is -0.354. The van der Waals surface area contributed by atoms with Crippen LogP contribution >= 0.6 is 0 Å². The monoisotopic (exact) mass is 356 g/mol. The molecular weight excluding hydrogens is 324 g/mol. The standard InChI is InChI=1S/C23H32O3/c1-2-3-4-5-6-7-8-9-10-11-18-26-23(25)20-16-12-14-19-15-13-17-21(24)22(19)20/h12-17,24H,2-11,18H2,1H3. The maximum atomic E-state index is 12.3. The fourth-order valence-electron chi connectivity index (χ4n) is 3.32. The molecule has 0 fully saturated rings. The fourth-order valence-corrected chi connectivity index (χ4v) is 3.32. The molecule has 0 aromatic heterocycles. The number of hydrogen-bond acceptors (Lipinski definition) is 3. The summed E-state index contributed by atoms with van der Waals surface area (Å²) in [7, 11) is 0. The quantitative estimate of drug-likeness (QED) is 0.343. The fraction of sp³-hybridized carbons (Fsp3) is 0.522. The van der Waals surface area contributed by atoms with Gasteiger partial charge in [-0.2, -0.15) is 0 Å². The smallest absolute Gasteiger partial charge is 0.338 e. The first kappa shape index (κ1) is 20.3. The average Bonchev–Trinajstić information content (AvgIpc) is 2.65. The molecule has 3 heteroatoms. The van der Waals surface area contributed by atoms with Crippen LogP contribution in [0.1, 0.15) is 81.5 Å². The number of esters is 1. The molecule has 142 valence electrons. The summed E-state index contributed by atoms with van der Waals surface area (Å²) >= 11 is 0. The highest BCUT2D eigenvalue weighted by molar-refractivity contribution is 6.06. The molecule has 0 aliphatic carbocycles. The number of unbranched alkanes of at least 4 members (excludes halogenated alkanes) is 9. The van der Waals surface area contributed by atoms with Crippen LogP contribution in [0.25, 0.3) is 10.8 Å². The molecule has 1 N–H and O–H groups in total. The molecular formula is C23H32O3. The van der Waals surface area contributed by atoms with E-state index in [4.69, 9.17) is 4.74 Å². The third-order valence-electron chi connectivity index (χ3n) is 4.83. The Morgan fingerprint density at radius 3 is 2.08 bits per heavy atom. The number of fused-ring (bicyclic) bond motifs is 1. The van der Waals surface area contributed by atoms with Gasteiger partial charge >= 0.3 is 5.97 Å². The zero-order valence-corrected chi connectivity index (χ0v) is 16.0. The van der Waals surface area contributed by atoms with Crippen molar-refractivity contribution in [3.05, 3.63) is 42.0 Å². The third kappa shape index (κ3) is 6.36. The molecule has 0 aliphatic heterocycles. The predicted octanol–water partition coefficient (Wildman–Crippen LogP) is 6.62. The largest absolute Gasteiger partial charge is 0.507 e. The lowest BCUT2D eigenvalue weighted by Gasteiger charge is -2.09. The van der Waals surface area contributed by atoms with Gasteiger partial charge in [0.2, 0.25) is 0 Å². The molecule has 0 aliphatic rings. The zero-order chi connectivity index (χ0) is 18.6. The minimum absolute atomic E-state index is 0.119. The normalized spacial score (nSPS) is 11.0. The lowest BCUT2D eigenvalue weighted by Crippen LogP contribution is -2.07. The second kappa shape index (κ2) is 11.6. The summed E-state index contributed by atoms with van der Waals surface area (Å²) in [5.74, 6) is -0.234. The van der Waals surface area contributed by atoms with Gasteiger partial charge in [0.05, 0.1) is 12.2 Å². The van der Waals surface area contributed by atoms with E-state index in [1.807, 2.05) is 18.2 Å². The number of carbonyl (C=O) groups is 1. The van der Waals surface area contributed by atoms with Crippen LogP contribution < -0.4 is 0 Å². The number of hydrogen-bond donors (Lipinski definition) is 1. The molecule has 2 rings (SSSR count). The van der Waals surface area contributed by atoms with Gasteiger partial charge < -0.3 is 9.84 Å². The van der Waals surface area contributed by atoms with Gasteiger partial charge in [0.1, 0.15) is 5.75 Å². The number of benzene rings is 2. The van der Waals surface area contributed by atoms with Gasteiger partial charge in [-0.15, -0.1) is 0 Å². The minimum Gasteiger partial charge on any atom is -0.507 e. The summed E-state index contributed by atoms with van der Waals surface area (Å²) in [5.41, 5.74) is 0.438. The highest BCUT2D eigenvalue weighted by Crippen LogP contribution is 2.28. The number of aromatic hydroxyl groups is 1. The van der Waals surface area contributed by atoms with Crippen molar-refractivity contribution in [2.24, 2.45) is 0 Å². The van der Waals surface area contributed by atoms with Crippen molar-refractivity contribution in [2.45, 2.75) is 71.1 Å². The summed E-state index contributed by atoms with van der Waals surface area (Å²) in [6, 6.07) is 10.7. The Kier molecular flexibility index (Phi) is 9.02. The molecule has 3 nitrogen and oxygen atoms in total. The average molecular weight is 357 g/mol. The lowest BCUT2D eigenvalue weighted by atomic mass is 10.0. The van der Waals surface area contributed by atoms with Crippen molar-refractivity contribution in [3.8, 4) is 5.75 Å². The lowest BCUT2D eigenvalue weighted by molar-refractivity contribution is 0.0499. The molecule has 2 aromatic rings. The molecule has 0 heterocycles. The Bertz CT molecular complexity index is 673. The van der Waals surface area contributed by atoms with Crippen LogP contribution in [0.3, 0.4) is 0 Å². The van der Waals surface area contributed by atoms with Gasteiger partial charge in [0.15, 0.2) is 0 Å². The van der Waals surface area contributed by atoms with Crippen molar-refractivity contribution in [1.29, 1.82) is 0 Å². The highest BCUT2D eigenvalue weighted by Gasteiger charge is 2.13. The van der Waals surface area contributed by atoms with Crippen molar-refractivity contribution in [3.63, 3.8) is 0 Å². The Hall–Kier alpha value is -2.03. The maximum Gasteiger partial charge on any atom is 0.338 e. The van der Waals surface area contributed by atoms with Gasteiger partial charge in [0.25, 0.3) is 0 Å². The van der Waals surface area contributed by atoms with E-state index in [9.17, 15) is 9.90 Å². The topological polar surface area (TPSA) is 46.5 Å². The molecule has 2 aromatic carbocycles. The second-order valence-corrected chi connectivity index (χ2v) is 7.00. The molecule has 0 unspecified atom stereocenters. The van der Waals surface area contributed by atoms with Crippen molar-refractivity contribution < 1.29 is 14.6 Å².